The minimum Gasteiger partial charge on any atom is -0.357 e. The van der Waals surface area contributed by atoms with E-state index >= 15 is 0 Å². The van der Waals surface area contributed by atoms with Crippen molar-refractivity contribution in [1.29, 1.82) is 0 Å². The molecule has 0 radical (unpaired) electrons. The summed E-state index contributed by atoms with van der Waals surface area (Å²) in [5.74, 6) is 2.97. The maximum Gasteiger partial charge on any atom is 0.194 e. The SMILES string of the molecule is CCNC(=NCc1nnc2n1CCCC2)N(C)Cc1ccc(C)cc1.I. The highest BCUT2D eigenvalue weighted by molar-refractivity contribution is 14.0. The van der Waals surface area contributed by atoms with E-state index in [1.807, 2.05) is 0 Å². The van der Waals surface area contributed by atoms with Crippen LogP contribution in [0.1, 0.15) is 42.5 Å². The molecular formula is C19H29IN6. The number of hydrogen-bond donors (Lipinski definition) is 1. The van der Waals surface area contributed by atoms with Gasteiger partial charge in [-0.05, 0) is 32.3 Å². The number of benzene rings is 1. The predicted molar refractivity (Wildman–Crippen MR) is 116 cm³/mol. The van der Waals surface area contributed by atoms with E-state index in [1.54, 1.807) is 0 Å². The van der Waals surface area contributed by atoms with Gasteiger partial charge in [0.1, 0.15) is 12.4 Å². The molecule has 0 unspecified atom stereocenters. The Morgan fingerprint density at radius 1 is 1.23 bits per heavy atom. The van der Waals surface area contributed by atoms with Crippen LogP contribution in [0, 0.1) is 6.92 Å². The van der Waals surface area contributed by atoms with Crippen molar-refractivity contribution in [2.24, 2.45) is 4.99 Å². The zero-order valence-electron chi connectivity index (χ0n) is 15.9. The minimum absolute atomic E-state index is 0. The molecule has 0 aliphatic carbocycles. The Bertz CT molecular complexity index is 722. The molecule has 0 saturated carbocycles. The fourth-order valence-electron chi connectivity index (χ4n) is 3.14. The van der Waals surface area contributed by atoms with Crippen LogP contribution in [0.15, 0.2) is 29.3 Å². The topological polar surface area (TPSA) is 58.3 Å². The van der Waals surface area contributed by atoms with Gasteiger partial charge in [-0.15, -0.1) is 34.2 Å². The van der Waals surface area contributed by atoms with Crippen LogP contribution >= 0.6 is 24.0 Å². The number of nitrogens with one attached hydrogen (secondary N) is 1. The molecule has 1 aromatic heterocycles. The van der Waals surface area contributed by atoms with Crippen molar-refractivity contribution in [1.82, 2.24) is 25.0 Å². The summed E-state index contributed by atoms with van der Waals surface area (Å²) in [6.45, 7) is 7.45. The predicted octanol–water partition coefficient (Wildman–Crippen LogP) is 3.14. The highest BCUT2D eigenvalue weighted by atomic mass is 127. The van der Waals surface area contributed by atoms with Gasteiger partial charge in [0, 0.05) is 33.1 Å². The lowest BCUT2D eigenvalue weighted by atomic mass is 10.1. The van der Waals surface area contributed by atoms with E-state index in [0.717, 1.165) is 43.7 Å². The second-order valence-electron chi connectivity index (χ2n) is 6.65. The van der Waals surface area contributed by atoms with Crippen LogP contribution in [0.3, 0.4) is 0 Å². The fraction of sp³-hybridized carbons (Fsp3) is 0.526. The molecule has 0 atom stereocenters. The monoisotopic (exact) mass is 468 g/mol. The summed E-state index contributed by atoms with van der Waals surface area (Å²) in [4.78, 5) is 6.94. The third-order valence-corrected chi connectivity index (χ3v) is 4.54. The summed E-state index contributed by atoms with van der Waals surface area (Å²) in [5.41, 5.74) is 2.56. The molecule has 2 aromatic rings. The molecule has 6 nitrogen and oxygen atoms in total. The van der Waals surface area contributed by atoms with E-state index in [0.29, 0.717) is 6.54 Å². The van der Waals surface area contributed by atoms with Gasteiger partial charge in [0.05, 0.1) is 0 Å². The van der Waals surface area contributed by atoms with Crippen molar-refractivity contribution in [3.05, 3.63) is 47.0 Å². The summed E-state index contributed by atoms with van der Waals surface area (Å²) in [5, 5.41) is 12.0. The molecular weight excluding hydrogens is 439 g/mol. The summed E-state index contributed by atoms with van der Waals surface area (Å²) >= 11 is 0. The number of guanidine groups is 1. The van der Waals surface area contributed by atoms with Crippen LogP contribution in [0.2, 0.25) is 0 Å². The second kappa shape index (κ2) is 9.89. The van der Waals surface area contributed by atoms with Crippen molar-refractivity contribution in [2.45, 2.75) is 52.7 Å². The van der Waals surface area contributed by atoms with Gasteiger partial charge in [-0.3, -0.25) is 0 Å². The zero-order valence-corrected chi connectivity index (χ0v) is 18.2. The summed E-state index contributed by atoms with van der Waals surface area (Å²) in [6.07, 6.45) is 3.45. The maximum atomic E-state index is 4.79. The highest BCUT2D eigenvalue weighted by Crippen LogP contribution is 2.15. The number of fused-ring (bicyclic) bond motifs is 1. The Kier molecular flexibility index (Phi) is 7.86. The molecule has 7 heteroatoms. The Labute approximate surface area is 173 Å². The van der Waals surface area contributed by atoms with E-state index < -0.39 is 0 Å². The van der Waals surface area contributed by atoms with Crippen molar-refractivity contribution >= 4 is 29.9 Å². The number of nitrogens with zero attached hydrogens (tertiary/aromatic N) is 5. The van der Waals surface area contributed by atoms with E-state index in [9.17, 15) is 0 Å². The number of halogens is 1. The van der Waals surface area contributed by atoms with Gasteiger partial charge in [-0.1, -0.05) is 29.8 Å². The molecule has 0 fully saturated rings. The molecule has 1 aliphatic rings. The number of aromatic nitrogens is 3. The van der Waals surface area contributed by atoms with Gasteiger partial charge in [-0.25, -0.2) is 4.99 Å². The average Bonchev–Trinajstić information content (AvgIpc) is 3.04. The third kappa shape index (κ3) is 5.18. The lowest BCUT2D eigenvalue weighted by molar-refractivity contribution is 0.474. The smallest absolute Gasteiger partial charge is 0.194 e. The molecule has 0 amide bonds. The van der Waals surface area contributed by atoms with E-state index in [-0.39, 0.29) is 24.0 Å². The van der Waals surface area contributed by atoms with Crippen molar-refractivity contribution in [2.75, 3.05) is 13.6 Å². The normalized spacial score (nSPS) is 13.7. The lowest BCUT2D eigenvalue weighted by Gasteiger charge is -2.22. The molecule has 26 heavy (non-hydrogen) atoms. The van der Waals surface area contributed by atoms with Gasteiger partial charge in [-0.2, -0.15) is 0 Å². The number of aryl methyl sites for hydroxylation is 2. The van der Waals surface area contributed by atoms with Gasteiger partial charge in [0.2, 0.25) is 0 Å². The van der Waals surface area contributed by atoms with E-state index in [4.69, 9.17) is 4.99 Å². The Morgan fingerprint density at radius 2 is 2.00 bits per heavy atom. The Hall–Kier alpha value is -1.64. The molecule has 1 N–H and O–H groups in total. The summed E-state index contributed by atoms with van der Waals surface area (Å²) < 4.78 is 2.23. The molecule has 2 heterocycles. The molecule has 0 saturated heterocycles. The first kappa shape index (κ1) is 20.7. The molecule has 142 valence electrons. The van der Waals surface area contributed by atoms with Crippen molar-refractivity contribution in [3.8, 4) is 0 Å². The minimum atomic E-state index is 0. The van der Waals surface area contributed by atoms with Crippen LogP contribution < -0.4 is 5.32 Å². The van der Waals surface area contributed by atoms with Crippen LogP contribution in [0.5, 0.6) is 0 Å². The largest absolute Gasteiger partial charge is 0.357 e. The average molecular weight is 468 g/mol. The quantitative estimate of drug-likeness (QED) is 0.416. The molecule has 0 spiro atoms. The number of hydrogen-bond acceptors (Lipinski definition) is 3. The number of aliphatic imine (C=N–C) groups is 1. The first-order chi connectivity index (χ1) is 12.2. The second-order valence-corrected chi connectivity index (χ2v) is 6.65. The lowest BCUT2D eigenvalue weighted by Crippen LogP contribution is -2.38. The summed E-state index contributed by atoms with van der Waals surface area (Å²) in [7, 11) is 2.07. The van der Waals surface area contributed by atoms with Gasteiger partial charge in [0.15, 0.2) is 11.8 Å². The zero-order chi connectivity index (χ0) is 17.6. The van der Waals surface area contributed by atoms with Crippen LogP contribution in [-0.4, -0.2) is 39.2 Å². The summed E-state index contributed by atoms with van der Waals surface area (Å²) in [6, 6.07) is 8.64. The van der Waals surface area contributed by atoms with Gasteiger partial charge < -0.3 is 14.8 Å². The Balaban J connectivity index is 0.00000243. The maximum absolute atomic E-state index is 4.79. The third-order valence-electron chi connectivity index (χ3n) is 4.54. The molecule has 0 bridgehead atoms. The van der Waals surface area contributed by atoms with Crippen LogP contribution in [-0.2, 0) is 26.1 Å². The van der Waals surface area contributed by atoms with Crippen LogP contribution in [0.4, 0.5) is 0 Å². The molecule has 1 aromatic carbocycles. The van der Waals surface area contributed by atoms with Crippen molar-refractivity contribution < 1.29 is 0 Å². The number of rotatable bonds is 5. The standard InChI is InChI=1S/C19H28N6.HI/c1-4-20-19(24(3)14-16-10-8-15(2)9-11-16)21-13-18-23-22-17-7-5-6-12-25(17)18;/h8-11H,4-7,12-14H2,1-3H3,(H,20,21);1H. The first-order valence-electron chi connectivity index (χ1n) is 9.13. The molecule has 1 aliphatic heterocycles. The van der Waals surface area contributed by atoms with E-state index in [1.165, 1.54) is 24.0 Å². The van der Waals surface area contributed by atoms with Crippen molar-refractivity contribution in [3.63, 3.8) is 0 Å². The first-order valence-corrected chi connectivity index (χ1v) is 9.13. The Morgan fingerprint density at radius 3 is 2.73 bits per heavy atom. The van der Waals surface area contributed by atoms with E-state index in [2.05, 4.69) is 70.1 Å². The van der Waals surface area contributed by atoms with Gasteiger partial charge >= 0.3 is 0 Å². The fourth-order valence-corrected chi connectivity index (χ4v) is 3.14. The molecule has 3 rings (SSSR count). The highest BCUT2D eigenvalue weighted by Gasteiger charge is 2.15. The van der Waals surface area contributed by atoms with Crippen LogP contribution in [0.25, 0.3) is 0 Å². The van der Waals surface area contributed by atoms with Gasteiger partial charge in [0.25, 0.3) is 0 Å².